The van der Waals surface area contributed by atoms with Crippen LogP contribution in [0.25, 0.3) is 11.4 Å². The van der Waals surface area contributed by atoms with Crippen LogP contribution in [0.15, 0.2) is 23.0 Å². The van der Waals surface area contributed by atoms with Crippen LogP contribution in [0.2, 0.25) is 0 Å². The summed E-state index contributed by atoms with van der Waals surface area (Å²) in [6.45, 7) is 5.58. The van der Waals surface area contributed by atoms with Gasteiger partial charge in [0.15, 0.2) is 0 Å². The molecular weight excluding hydrogens is 228 g/mol. The molecule has 0 fully saturated rings. The summed E-state index contributed by atoms with van der Waals surface area (Å²) >= 11 is 0. The van der Waals surface area contributed by atoms with Gasteiger partial charge in [-0.05, 0) is 38.5 Å². The molecule has 18 heavy (non-hydrogen) atoms. The number of benzene rings is 1. The van der Waals surface area contributed by atoms with E-state index in [1.54, 1.807) is 14.0 Å². The number of hydrogen-bond donors (Lipinski definition) is 1. The van der Waals surface area contributed by atoms with Gasteiger partial charge in [0.2, 0.25) is 0 Å². The van der Waals surface area contributed by atoms with Crippen LogP contribution in [0.3, 0.4) is 0 Å². The van der Waals surface area contributed by atoms with Gasteiger partial charge in [0.05, 0.1) is 12.7 Å². The summed E-state index contributed by atoms with van der Waals surface area (Å²) < 4.78 is 5.33. The normalized spacial score (nSPS) is 10.4. The molecule has 0 saturated carbocycles. The molecule has 94 valence electrons. The number of aromatic amines is 1. The Balaban J connectivity index is 2.66. The monoisotopic (exact) mass is 244 g/mol. The van der Waals surface area contributed by atoms with Crippen LogP contribution in [-0.4, -0.2) is 17.1 Å². The van der Waals surface area contributed by atoms with Gasteiger partial charge in [0.1, 0.15) is 11.6 Å². The standard InChI is InChI=1S/C14H16N2O2/c1-8-5-6-11(12(7-8)18-4)13-15-10(3)9(2)14(17)16-13/h5-7H,1-4H3,(H,15,16,17). The van der Waals surface area contributed by atoms with Gasteiger partial charge in [0.25, 0.3) is 5.56 Å². The average Bonchev–Trinajstić information content (AvgIpc) is 2.35. The van der Waals surface area contributed by atoms with Gasteiger partial charge in [0, 0.05) is 11.3 Å². The molecule has 4 nitrogen and oxygen atoms in total. The lowest BCUT2D eigenvalue weighted by Gasteiger charge is -2.10. The first-order valence-corrected chi connectivity index (χ1v) is 5.75. The van der Waals surface area contributed by atoms with Crippen molar-refractivity contribution in [1.82, 2.24) is 9.97 Å². The first-order chi connectivity index (χ1) is 8.52. The van der Waals surface area contributed by atoms with Crippen molar-refractivity contribution in [2.24, 2.45) is 0 Å². The van der Waals surface area contributed by atoms with Crippen LogP contribution in [-0.2, 0) is 0 Å². The SMILES string of the molecule is COc1cc(C)ccc1-c1nc(C)c(C)c(=O)[nH]1. The Bertz CT molecular complexity index is 645. The van der Waals surface area contributed by atoms with Crippen molar-refractivity contribution in [3.63, 3.8) is 0 Å². The quantitative estimate of drug-likeness (QED) is 0.882. The first kappa shape index (κ1) is 12.4. The number of nitrogens with zero attached hydrogens (tertiary/aromatic N) is 1. The lowest BCUT2D eigenvalue weighted by Crippen LogP contribution is -2.14. The molecule has 0 atom stereocenters. The summed E-state index contributed by atoms with van der Waals surface area (Å²) in [6, 6.07) is 5.79. The molecule has 1 N–H and O–H groups in total. The zero-order chi connectivity index (χ0) is 13.3. The molecule has 0 spiro atoms. The summed E-state index contributed by atoms with van der Waals surface area (Å²) in [5.74, 6) is 1.25. The molecule has 1 aromatic carbocycles. The van der Waals surface area contributed by atoms with Crippen LogP contribution in [0.4, 0.5) is 0 Å². The van der Waals surface area contributed by atoms with Crippen molar-refractivity contribution in [3.8, 4) is 17.1 Å². The fourth-order valence-corrected chi connectivity index (χ4v) is 1.77. The van der Waals surface area contributed by atoms with Crippen molar-refractivity contribution in [3.05, 3.63) is 45.4 Å². The number of methoxy groups -OCH3 is 1. The van der Waals surface area contributed by atoms with E-state index in [0.29, 0.717) is 17.1 Å². The topological polar surface area (TPSA) is 55.0 Å². The van der Waals surface area contributed by atoms with E-state index >= 15 is 0 Å². The van der Waals surface area contributed by atoms with E-state index in [4.69, 9.17) is 4.74 Å². The number of aryl methyl sites for hydroxylation is 2. The molecule has 4 heteroatoms. The third kappa shape index (κ3) is 2.14. The molecule has 1 aromatic heterocycles. The Morgan fingerprint density at radius 1 is 1.22 bits per heavy atom. The lowest BCUT2D eigenvalue weighted by molar-refractivity contribution is 0.416. The van der Waals surface area contributed by atoms with Gasteiger partial charge in [-0.3, -0.25) is 4.79 Å². The molecule has 0 saturated heterocycles. The molecule has 2 rings (SSSR count). The number of H-pyrrole nitrogens is 1. The van der Waals surface area contributed by atoms with Crippen molar-refractivity contribution >= 4 is 0 Å². The van der Waals surface area contributed by atoms with Gasteiger partial charge in [-0.25, -0.2) is 4.98 Å². The minimum absolute atomic E-state index is 0.111. The first-order valence-electron chi connectivity index (χ1n) is 5.75. The number of nitrogens with one attached hydrogen (secondary N) is 1. The third-order valence-corrected chi connectivity index (χ3v) is 3.01. The Kier molecular flexibility index (Phi) is 3.19. The minimum atomic E-state index is -0.111. The summed E-state index contributed by atoms with van der Waals surface area (Å²) in [6.07, 6.45) is 0. The van der Waals surface area contributed by atoms with Gasteiger partial charge in [-0.1, -0.05) is 6.07 Å². The fraction of sp³-hybridized carbons (Fsp3) is 0.286. The Labute approximate surface area is 106 Å². The summed E-state index contributed by atoms with van der Waals surface area (Å²) in [7, 11) is 1.61. The Morgan fingerprint density at radius 3 is 2.56 bits per heavy atom. The van der Waals surface area contributed by atoms with Crippen molar-refractivity contribution in [1.29, 1.82) is 0 Å². The summed E-state index contributed by atoms with van der Waals surface area (Å²) in [5.41, 5.74) is 3.16. The molecule has 0 aliphatic carbocycles. The van der Waals surface area contributed by atoms with E-state index in [1.807, 2.05) is 32.0 Å². The van der Waals surface area contributed by atoms with E-state index in [2.05, 4.69) is 9.97 Å². The Morgan fingerprint density at radius 2 is 1.94 bits per heavy atom. The molecule has 0 amide bonds. The van der Waals surface area contributed by atoms with Crippen molar-refractivity contribution in [2.45, 2.75) is 20.8 Å². The molecule has 0 aliphatic heterocycles. The zero-order valence-corrected chi connectivity index (χ0v) is 11.0. The van der Waals surface area contributed by atoms with E-state index in [9.17, 15) is 4.79 Å². The highest BCUT2D eigenvalue weighted by atomic mass is 16.5. The van der Waals surface area contributed by atoms with Crippen molar-refractivity contribution < 1.29 is 4.74 Å². The molecular formula is C14H16N2O2. The molecule has 0 bridgehead atoms. The van der Waals surface area contributed by atoms with E-state index in [0.717, 1.165) is 16.8 Å². The van der Waals surface area contributed by atoms with Crippen LogP contribution < -0.4 is 10.3 Å². The number of hydrogen-bond acceptors (Lipinski definition) is 3. The number of ether oxygens (including phenoxy) is 1. The smallest absolute Gasteiger partial charge is 0.254 e. The Hall–Kier alpha value is -2.10. The summed E-state index contributed by atoms with van der Waals surface area (Å²) in [5, 5.41) is 0. The number of rotatable bonds is 2. The van der Waals surface area contributed by atoms with Gasteiger partial charge >= 0.3 is 0 Å². The molecule has 0 unspecified atom stereocenters. The number of aromatic nitrogens is 2. The van der Waals surface area contributed by atoms with Crippen LogP contribution in [0.5, 0.6) is 5.75 Å². The van der Waals surface area contributed by atoms with Gasteiger partial charge in [-0.2, -0.15) is 0 Å². The third-order valence-electron chi connectivity index (χ3n) is 3.01. The summed E-state index contributed by atoms with van der Waals surface area (Å²) in [4.78, 5) is 19.0. The predicted octanol–water partition coefficient (Wildman–Crippen LogP) is 2.37. The molecule has 0 radical (unpaired) electrons. The van der Waals surface area contributed by atoms with Gasteiger partial charge < -0.3 is 9.72 Å². The second-order valence-electron chi connectivity index (χ2n) is 4.33. The maximum Gasteiger partial charge on any atom is 0.254 e. The van der Waals surface area contributed by atoms with Gasteiger partial charge in [-0.15, -0.1) is 0 Å². The largest absolute Gasteiger partial charge is 0.496 e. The van der Waals surface area contributed by atoms with E-state index in [1.165, 1.54) is 0 Å². The second kappa shape index (κ2) is 4.64. The van der Waals surface area contributed by atoms with Crippen molar-refractivity contribution in [2.75, 3.05) is 7.11 Å². The average molecular weight is 244 g/mol. The van der Waals surface area contributed by atoms with E-state index < -0.39 is 0 Å². The highest BCUT2D eigenvalue weighted by Crippen LogP contribution is 2.27. The van der Waals surface area contributed by atoms with E-state index in [-0.39, 0.29) is 5.56 Å². The molecule has 1 heterocycles. The zero-order valence-electron chi connectivity index (χ0n) is 11.0. The fourth-order valence-electron chi connectivity index (χ4n) is 1.77. The van der Waals surface area contributed by atoms with Crippen LogP contribution in [0, 0.1) is 20.8 Å². The maximum absolute atomic E-state index is 11.8. The second-order valence-corrected chi connectivity index (χ2v) is 4.33. The van der Waals surface area contributed by atoms with Crippen LogP contribution >= 0.6 is 0 Å². The highest BCUT2D eigenvalue weighted by Gasteiger charge is 2.10. The highest BCUT2D eigenvalue weighted by molar-refractivity contribution is 5.64. The molecule has 2 aromatic rings. The molecule has 0 aliphatic rings. The maximum atomic E-state index is 11.8. The van der Waals surface area contributed by atoms with Crippen LogP contribution in [0.1, 0.15) is 16.8 Å². The minimum Gasteiger partial charge on any atom is -0.496 e. The lowest BCUT2D eigenvalue weighted by atomic mass is 10.1. The predicted molar refractivity (Wildman–Crippen MR) is 71.1 cm³/mol.